The molecule has 0 bridgehead atoms. The Balaban J connectivity index is 2.11. The summed E-state index contributed by atoms with van der Waals surface area (Å²) in [5.74, 6) is -0.887. The van der Waals surface area contributed by atoms with Crippen LogP contribution in [0.15, 0.2) is 29.4 Å². The van der Waals surface area contributed by atoms with Gasteiger partial charge < -0.3 is 4.79 Å². The van der Waals surface area contributed by atoms with Gasteiger partial charge in [0.2, 0.25) is 0 Å². The van der Waals surface area contributed by atoms with Crippen molar-refractivity contribution in [3.05, 3.63) is 34.9 Å². The molecule has 2 atom stereocenters. The molecular formula is C13H12ClF3N2OS. The molecule has 8 heteroatoms. The minimum Gasteiger partial charge on any atom is -0.303 e. The van der Waals surface area contributed by atoms with Gasteiger partial charge in [-0.2, -0.15) is 18.3 Å². The molecule has 0 spiro atoms. The van der Waals surface area contributed by atoms with Crippen LogP contribution in [0.5, 0.6) is 0 Å². The zero-order valence-corrected chi connectivity index (χ0v) is 12.5. The first kappa shape index (κ1) is 16.2. The van der Waals surface area contributed by atoms with Crippen LogP contribution in [-0.4, -0.2) is 35.6 Å². The summed E-state index contributed by atoms with van der Waals surface area (Å²) in [4.78, 5) is 11.1. The molecule has 0 radical (unpaired) electrons. The normalized spacial score (nSPS) is 22.3. The van der Waals surface area contributed by atoms with Crippen LogP contribution in [0.4, 0.5) is 13.2 Å². The van der Waals surface area contributed by atoms with Gasteiger partial charge >= 0.3 is 6.18 Å². The van der Waals surface area contributed by atoms with Crippen LogP contribution in [0.1, 0.15) is 5.56 Å². The van der Waals surface area contributed by atoms with Gasteiger partial charge in [0, 0.05) is 17.8 Å². The molecule has 0 saturated carbocycles. The SMILES string of the molecule is CN1N=C(C(F)(F)F)C(C=O)C1SCc1ccccc1Cl. The molecule has 0 aromatic heterocycles. The summed E-state index contributed by atoms with van der Waals surface area (Å²) in [5, 5.41) is 4.51. The highest BCUT2D eigenvalue weighted by atomic mass is 35.5. The number of hydrogen-bond acceptors (Lipinski definition) is 4. The van der Waals surface area contributed by atoms with Gasteiger partial charge in [-0.3, -0.25) is 5.01 Å². The Labute approximate surface area is 129 Å². The summed E-state index contributed by atoms with van der Waals surface area (Å²) >= 11 is 7.22. The number of aldehydes is 1. The largest absolute Gasteiger partial charge is 0.432 e. The third-order valence-corrected chi connectivity index (χ3v) is 4.85. The number of nitrogens with zero attached hydrogens (tertiary/aromatic N) is 2. The van der Waals surface area contributed by atoms with Crippen molar-refractivity contribution in [2.75, 3.05) is 7.05 Å². The van der Waals surface area contributed by atoms with Crippen LogP contribution < -0.4 is 0 Å². The van der Waals surface area contributed by atoms with Crippen molar-refractivity contribution < 1.29 is 18.0 Å². The summed E-state index contributed by atoms with van der Waals surface area (Å²) in [6.07, 6.45) is -4.29. The maximum atomic E-state index is 12.8. The van der Waals surface area contributed by atoms with E-state index in [-0.39, 0.29) is 0 Å². The molecule has 0 saturated heterocycles. The van der Waals surface area contributed by atoms with Gasteiger partial charge in [0.15, 0.2) is 5.71 Å². The van der Waals surface area contributed by atoms with Gasteiger partial charge in [0.05, 0.1) is 5.92 Å². The molecule has 0 aliphatic carbocycles. The Morgan fingerprint density at radius 1 is 1.43 bits per heavy atom. The first-order chi connectivity index (χ1) is 9.84. The molecule has 0 amide bonds. The summed E-state index contributed by atoms with van der Waals surface area (Å²) in [5.41, 5.74) is -0.237. The number of hydrogen-bond donors (Lipinski definition) is 0. The molecule has 3 nitrogen and oxygen atoms in total. The van der Waals surface area contributed by atoms with E-state index in [2.05, 4.69) is 5.10 Å². The van der Waals surface area contributed by atoms with Crippen molar-refractivity contribution in [1.29, 1.82) is 0 Å². The fraction of sp³-hybridized carbons (Fsp3) is 0.385. The second-order valence-corrected chi connectivity index (χ2v) is 6.02. The molecule has 1 aliphatic rings. The molecule has 1 aromatic rings. The van der Waals surface area contributed by atoms with Gasteiger partial charge in [-0.05, 0) is 11.6 Å². The lowest BCUT2D eigenvalue weighted by Crippen LogP contribution is -2.35. The molecule has 21 heavy (non-hydrogen) atoms. The highest BCUT2D eigenvalue weighted by Gasteiger charge is 2.49. The van der Waals surface area contributed by atoms with Crippen LogP contribution >= 0.6 is 23.4 Å². The lowest BCUT2D eigenvalue weighted by molar-refractivity contribution is -0.111. The fourth-order valence-electron chi connectivity index (χ4n) is 2.04. The highest BCUT2D eigenvalue weighted by molar-refractivity contribution is 7.99. The topological polar surface area (TPSA) is 32.7 Å². The Bertz CT molecular complexity index is 565. The van der Waals surface area contributed by atoms with Crippen molar-refractivity contribution in [3.8, 4) is 0 Å². The molecule has 2 unspecified atom stereocenters. The Morgan fingerprint density at radius 2 is 2.10 bits per heavy atom. The number of alkyl halides is 3. The molecule has 1 aromatic carbocycles. The number of hydrazone groups is 1. The maximum Gasteiger partial charge on any atom is 0.432 e. The second kappa shape index (κ2) is 6.27. The number of carbonyl (C=O) groups excluding carboxylic acids is 1. The number of rotatable bonds is 4. The van der Waals surface area contributed by atoms with Crippen LogP contribution in [0, 0.1) is 5.92 Å². The van der Waals surface area contributed by atoms with E-state index in [0.29, 0.717) is 17.1 Å². The fourth-order valence-corrected chi connectivity index (χ4v) is 3.59. The standard InChI is InChI=1S/C13H12ClF3N2OS/c1-19-12(9(6-20)11(18-19)13(15,16)17)21-7-8-4-2-3-5-10(8)14/h2-6,9,12H,7H2,1H3. The van der Waals surface area contributed by atoms with E-state index in [1.165, 1.54) is 23.8 Å². The number of halogens is 4. The Kier molecular flexibility index (Phi) is 4.83. The van der Waals surface area contributed by atoms with E-state index < -0.39 is 23.2 Å². The number of carbonyl (C=O) groups is 1. The smallest absolute Gasteiger partial charge is 0.303 e. The quantitative estimate of drug-likeness (QED) is 0.788. The van der Waals surface area contributed by atoms with Gasteiger partial charge in [-0.25, -0.2) is 0 Å². The minimum absolute atomic E-state index is 0.306. The number of benzene rings is 1. The van der Waals surface area contributed by atoms with Crippen LogP contribution in [-0.2, 0) is 10.5 Å². The van der Waals surface area contributed by atoms with Gasteiger partial charge in [0.1, 0.15) is 11.7 Å². The molecule has 1 heterocycles. The molecule has 0 fully saturated rings. The van der Waals surface area contributed by atoms with Crippen molar-refractivity contribution in [1.82, 2.24) is 5.01 Å². The van der Waals surface area contributed by atoms with Crippen molar-refractivity contribution in [3.63, 3.8) is 0 Å². The molecular weight excluding hydrogens is 325 g/mol. The van der Waals surface area contributed by atoms with E-state index in [1.807, 2.05) is 0 Å². The number of thioether (sulfide) groups is 1. The molecule has 1 aliphatic heterocycles. The summed E-state index contributed by atoms with van der Waals surface area (Å²) in [6.45, 7) is 0. The van der Waals surface area contributed by atoms with Gasteiger partial charge in [-0.15, -0.1) is 11.8 Å². The lowest BCUT2D eigenvalue weighted by Gasteiger charge is -2.21. The second-order valence-electron chi connectivity index (χ2n) is 4.51. The Morgan fingerprint density at radius 3 is 2.67 bits per heavy atom. The van der Waals surface area contributed by atoms with Crippen LogP contribution in [0.25, 0.3) is 0 Å². The van der Waals surface area contributed by atoms with E-state index >= 15 is 0 Å². The molecule has 0 N–H and O–H groups in total. The first-order valence-electron chi connectivity index (χ1n) is 6.03. The van der Waals surface area contributed by atoms with Crippen molar-refractivity contribution in [2.24, 2.45) is 11.0 Å². The monoisotopic (exact) mass is 336 g/mol. The van der Waals surface area contributed by atoms with Crippen LogP contribution in [0.2, 0.25) is 5.02 Å². The van der Waals surface area contributed by atoms with Crippen molar-refractivity contribution >= 4 is 35.4 Å². The average Bonchev–Trinajstić information content (AvgIpc) is 2.74. The third-order valence-electron chi connectivity index (χ3n) is 3.06. The lowest BCUT2D eigenvalue weighted by atomic mass is 10.1. The van der Waals surface area contributed by atoms with Gasteiger partial charge in [0.25, 0.3) is 0 Å². The zero-order chi connectivity index (χ0) is 15.6. The van der Waals surface area contributed by atoms with E-state index in [0.717, 1.165) is 5.56 Å². The predicted octanol–water partition coefficient (Wildman–Crippen LogP) is 3.58. The maximum absolute atomic E-state index is 12.8. The van der Waals surface area contributed by atoms with E-state index in [4.69, 9.17) is 11.6 Å². The Hall–Kier alpha value is -1.21. The average molecular weight is 337 g/mol. The summed E-state index contributed by atoms with van der Waals surface area (Å²) in [7, 11) is 1.43. The minimum atomic E-state index is -4.60. The zero-order valence-electron chi connectivity index (χ0n) is 11.0. The van der Waals surface area contributed by atoms with E-state index in [9.17, 15) is 18.0 Å². The predicted molar refractivity (Wildman–Crippen MR) is 77.3 cm³/mol. The molecule has 114 valence electrons. The first-order valence-corrected chi connectivity index (χ1v) is 7.46. The summed E-state index contributed by atoms with van der Waals surface area (Å²) in [6, 6.07) is 7.09. The van der Waals surface area contributed by atoms with E-state index in [1.54, 1.807) is 24.3 Å². The van der Waals surface area contributed by atoms with Crippen molar-refractivity contribution in [2.45, 2.75) is 17.3 Å². The highest BCUT2D eigenvalue weighted by Crippen LogP contribution is 2.37. The third kappa shape index (κ3) is 3.52. The van der Waals surface area contributed by atoms with Gasteiger partial charge in [-0.1, -0.05) is 29.8 Å². The summed E-state index contributed by atoms with van der Waals surface area (Å²) < 4.78 is 38.5. The van der Waals surface area contributed by atoms with Crippen LogP contribution in [0.3, 0.4) is 0 Å². The molecule has 2 rings (SSSR count).